The van der Waals surface area contributed by atoms with Gasteiger partial charge in [0.1, 0.15) is 0 Å². The van der Waals surface area contributed by atoms with Gasteiger partial charge in [-0.15, -0.1) is 0 Å². The summed E-state index contributed by atoms with van der Waals surface area (Å²) in [6.07, 6.45) is 5.98. The standard InChI is InChI=1S/C13H18N2O/c1-3-9(2)15-13(16)12-7-11-6-4-5-10(12)8-14-11/h7,14H,2-6,8H2,1H3,(H,15,16). The summed E-state index contributed by atoms with van der Waals surface area (Å²) in [5.74, 6) is 0.00255. The molecule has 2 bridgehead atoms. The van der Waals surface area contributed by atoms with Crippen molar-refractivity contribution < 1.29 is 4.79 Å². The van der Waals surface area contributed by atoms with Crippen molar-refractivity contribution in [2.75, 3.05) is 6.54 Å². The van der Waals surface area contributed by atoms with Crippen LogP contribution in [-0.4, -0.2) is 12.5 Å². The Labute approximate surface area is 96.3 Å². The van der Waals surface area contributed by atoms with E-state index >= 15 is 0 Å². The average molecular weight is 218 g/mol. The Morgan fingerprint density at radius 2 is 2.38 bits per heavy atom. The van der Waals surface area contributed by atoms with E-state index in [9.17, 15) is 4.79 Å². The molecular weight excluding hydrogens is 200 g/mol. The summed E-state index contributed by atoms with van der Waals surface area (Å²) in [6.45, 7) is 6.62. The minimum Gasteiger partial charge on any atom is -0.385 e. The SMILES string of the molecule is C=C(CC)NC(=O)C1=C2CCCC(=C1)NC2. The summed E-state index contributed by atoms with van der Waals surface area (Å²) in [5.41, 5.74) is 4.04. The van der Waals surface area contributed by atoms with Crippen molar-refractivity contribution in [2.45, 2.75) is 32.6 Å². The molecule has 0 aromatic carbocycles. The highest BCUT2D eigenvalue weighted by molar-refractivity contribution is 5.98. The first-order valence-electron chi connectivity index (χ1n) is 5.86. The summed E-state index contributed by atoms with van der Waals surface area (Å²) in [4.78, 5) is 12.0. The third-order valence-corrected chi connectivity index (χ3v) is 3.11. The highest BCUT2D eigenvalue weighted by atomic mass is 16.1. The van der Waals surface area contributed by atoms with Gasteiger partial charge in [0.25, 0.3) is 5.91 Å². The molecule has 3 aliphatic rings. The fourth-order valence-electron chi connectivity index (χ4n) is 2.06. The first kappa shape index (κ1) is 11.0. The second kappa shape index (κ2) is 4.56. The Hall–Kier alpha value is -1.51. The topological polar surface area (TPSA) is 41.1 Å². The van der Waals surface area contributed by atoms with E-state index in [0.29, 0.717) is 0 Å². The minimum atomic E-state index is 0.00255. The second-order valence-electron chi connectivity index (χ2n) is 4.31. The van der Waals surface area contributed by atoms with Gasteiger partial charge in [-0.3, -0.25) is 4.79 Å². The Kier molecular flexibility index (Phi) is 3.13. The fraction of sp³-hybridized carbons (Fsp3) is 0.462. The maximum absolute atomic E-state index is 12.0. The lowest BCUT2D eigenvalue weighted by molar-refractivity contribution is -0.116. The Balaban J connectivity index is 2.17. The first-order valence-corrected chi connectivity index (χ1v) is 5.86. The molecule has 1 aliphatic carbocycles. The Bertz CT molecular complexity index is 383. The van der Waals surface area contributed by atoms with Crippen LogP contribution in [0.25, 0.3) is 0 Å². The average Bonchev–Trinajstić information content (AvgIpc) is 2.63. The molecule has 1 saturated heterocycles. The molecule has 0 radical (unpaired) electrons. The number of nitrogens with one attached hydrogen (secondary N) is 2. The van der Waals surface area contributed by atoms with Crippen LogP contribution in [0.4, 0.5) is 0 Å². The molecule has 3 nitrogen and oxygen atoms in total. The zero-order chi connectivity index (χ0) is 11.5. The van der Waals surface area contributed by atoms with Crippen molar-refractivity contribution in [2.24, 2.45) is 0 Å². The second-order valence-corrected chi connectivity index (χ2v) is 4.31. The van der Waals surface area contributed by atoms with E-state index in [4.69, 9.17) is 0 Å². The maximum atomic E-state index is 12.0. The van der Waals surface area contributed by atoms with Gasteiger partial charge in [-0.1, -0.05) is 13.5 Å². The van der Waals surface area contributed by atoms with E-state index in [-0.39, 0.29) is 5.91 Å². The summed E-state index contributed by atoms with van der Waals surface area (Å²) >= 11 is 0. The van der Waals surface area contributed by atoms with Gasteiger partial charge < -0.3 is 10.6 Å². The van der Waals surface area contributed by atoms with Crippen LogP contribution in [0.5, 0.6) is 0 Å². The maximum Gasteiger partial charge on any atom is 0.255 e. The molecule has 2 N–H and O–H groups in total. The van der Waals surface area contributed by atoms with Crippen molar-refractivity contribution in [3.05, 3.63) is 35.2 Å². The number of fused-ring (bicyclic) bond motifs is 4. The molecule has 0 unspecified atom stereocenters. The zero-order valence-corrected chi connectivity index (χ0v) is 9.73. The summed E-state index contributed by atoms with van der Waals surface area (Å²) < 4.78 is 0. The largest absolute Gasteiger partial charge is 0.385 e. The van der Waals surface area contributed by atoms with E-state index in [1.807, 2.05) is 13.0 Å². The lowest BCUT2D eigenvalue weighted by atomic mass is 10.0. The molecular formula is C13H18N2O. The van der Waals surface area contributed by atoms with E-state index in [1.54, 1.807) is 0 Å². The molecule has 0 atom stereocenters. The van der Waals surface area contributed by atoms with Crippen molar-refractivity contribution in [3.8, 4) is 0 Å². The fourth-order valence-corrected chi connectivity index (χ4v) is 2.06. The molecule has 0 aromatic heterocycles. The van der Waals surface area contributed by atoms with Crippen LogP contribution in [0.1, 0.15) is 32.6 Å². The summed E-state index contributed by atoms with van der Waals surface area (Å²) in [5, 5.41) is 6.18. The summed E-state index contributed by atoms with van der Waals surface area (Å²) in [7, 11) is 0. The van der Waals surface area contributed by atoms with Crippen LogP contribution in [0, 0.1) is 0 Å². The third kappa shape index (κ3) is 2.18. The lowest BCUT2D eigenvalue weighted by Gasteiger charge is -2.17. The van der Waals surface area contributed by atoms with E-state index in [1.165, 1.54) is 11.3 Å². The summed E-state index contributed by atoms with van der Waals surface area (Å²) in [6, 6.07) is 0. The lowest BCUT2D eigenvalue weighted by Crippen LogP contribution is -2.28. The quantitative estimate of drug-likeness (QED) is 0.760. The molecule has 2 heterocycles. The highest BCUT2D eigenvalue weighted by Gasteiger charge is 2.21. The van der Waals surface area contributed by atoms with Gasteiger partial charge in [0, 0.05) is 23.5 Å². The van der Waals surface area contributed by atoms with Gasteiger partial charge >= 0.3 is 0 Å². The predicted octanol–water partition coefficient (Wildman–Crippen LogP) is 1.99. The van der Waals surface area contributed by atoms with Gasteiger partial charge in [0.2, 0.25) is 0 Å². The zero-order valence-electron chi connectivity index (χ0n) is 9.73. The number of rotatable bonds is 3. The van der Waals surface area contributed by atoms with Crippen LogP contribution in [-0.2, 0) is 4.79 Å². The number of allylic oxidation sites excluding steroid dienone is 2. The molecule has 0 spiro atoms. The molecule has 86 valence electrons. The number of carbonyl (C=O) groups is 1. The predicted molar refractivity (Wildman–Crippen MR) is 64.5 cm³/mol. The molecule has 3 heteroatoms. The molecule has 3 rings (SSSR count). The van der Waals surface area contributed by atoms with Gasteiger partial charge in [0.05, 0.1) is 0 Å². The molecule has 0 saturated carbocycles. The number of hydrogen-bond acceptors (Lipinski definition) is 2. The smallest absolute Gasteiger partial charge is 0.255 e. The first-order chi connectivity index (χ1) is 7.70. The van der Waals surface area contributed by atoms with E-state index in [0.717, 1.165) is 43.5 Å². The molecule has 1 amide bonds. The van der Waals surface area contributed by atoms with E-state index in [2.05, 4.69) is 17.2 Å². The molecule has 2 aliphatic heterocycles. The Morgan fingerprint density at radius 1 is 1.56 bits per heavy atom. The number of hydrogen-bond donors (Lipinski definition) is 2. The highest BCUT2D eigenvalue weighted by Crippen LogP contribution is 2.26. The number of carbonyl (C=O) groups excluding carboxylic acids is 1. The van der Waals surface area contributed by atoms with Crippen molar-refractivity contribution in [1.29, 1.82) is 0 Å². The van der Waals surface area contributed by atoms with Gasteiger partial charge in [-0.25, -0.2) is 0 Å². The van der Waals surface area contributed by atoms with Crippen molar-refractivity contribution in [1.82, 2.24) is 10.6 Å². The van der Waals surface area contributed by atoms with Crippen molar-refractivity contribution in [3.63, 3.8) is 0 Å². The van der Waals surface area contributed by atoms with Gasteiger partial charge in [0.15, 0.2) is 0 Å². The van der Waals surface area contributed by atoms with Crippen LogP contribution >= 0.6 is 0 Å². The molecule has 0 aromatic rings. The van der Waals surface area contributed by atoms with Gasteiger partial charge in [-0.2, -0.15) is 0 Å². The van der Waals surface area contributed by atoms with Crippen LogP contribution in [0.2, 0.25) is 0 Å². The van der Waals surface area contributed by atoms with Crippen LogP contribution < -0.4 is 10.6 Å². The molecule has 16 heavy (non-hydrogen) atoms. The van der Waals surface area contributed by atoms with Gasteiger partial charge in [-0.05, 0) is 37.3 Å². The molecule has 1 fully saturated rings. The Morgan fingerprint density at radius 3 is 3.12 bits per heavy atom. The number of amides is 1. The van der Waals surface area contributed by atoms with Crippen LogP contribution in [0.3, 0.4) is 0 Å². The van der Waals surface area contributed by atoms with Crippen molar-refractivity contribution >= 4 is 5.91 Å². The van der Waals surface area contributed by atoms with E-state index < -0.39 is 0 Å². The number of dihydropyridines is 1. The van der Waals surface area contributed by atoms with Crippen LogP contribution in [0.15, 0.2) is 35.2 Å². The normalized spacial score (nSPS) is 18.7. The minimum absolute atomic E-state index is 0.00255. The monoisotopic (exact) mass is 218 g/mol. The third-order valence-electron chi connectivity index (χ3n) is 3.11.